The number of benzene rings is 1. The summed E-state index contributed by atoms with van der Waals surface area (Å²) in [7, 11) is 0. The number of para-hydroxylation sites is 1. The zero-order valence-electron chi connectivity index (χ0n) is 12.3. The second-order valence-corrected chi connectivity index (χ2v) is 5.17. The van der Waals surface area contributed by atoms with E-state index < -0.39 is 0 Å². The lowest BCUT2D eigenvalue weighted by molar-refractivity contribution is 0.277. The van der Waals surface area contributed by atoms with E-state index in [1.807, 2.05) is 48.5 Å². The van der Waals surface area contributed by atoms with Crippen LogP contribution in [0.1, 0.15) is 5.69 Å². The Morgan fingerprint density at radius 2 is 1.78 bits per heavy atom. The fraction of sp³-hybridized carbons (Fsp3) is 0.0556. The Morgan fingerprint density at radius 1 is 0.913 bits per heavy atom. The van der Waals surface area contributed by atoms with Crippen molar-refractivity contribution in [2.45, 2.75) is 6.61 Å². The second kappa shape index (κ2) is 5.62. The van der Waals surface area contributed by atoms with E-state index in [1.54, 1.807) is 12.4 Å². The molecule has 0 unspecified atom stereocenters. The van der Waals surface area contributed by atoms with Gasteiger partial charge in [-0.1, -0.05) is 24.3 Å². The minimum Gasteiger partial charge on any atom is -0.390 e. The van der Waals surface area contributed by atoms with E-state index in [0.717, 1.165) is 33.4 Å². The highest BCUT2D eigenvalue weighted by atomic mass is 16.3. The molecule has 0 radical (unpaired) electrons. The maximum atomic E-state index is 9.70. The molecule has 0 fully saturated rings. The van der Waals surface area contributed by atoms with Crippen LogP contribution in [-0.2, 0) is 6.61 Å². The van der Waals surface area contributed by atoms with Gasteiger partial charge in [0, 0.05) is 23.3 Å². The molecule has 4 aromatic rings. The molecule has 2 N–H and O–H groups in total. The highest BCUT2D eigenvalue weighted by molar-refractivity contribution is 5.98. The second-order valence-electron chi connectivity index (χ2n) is 5.17. The van der Waals surface area contributed by atoms with Crippen molar-refractivity contribution < 1.29 is 5.11 Å². The van der Waals surface area contributed by atoms with Crippen molar-refractivity contribution in [3.8, 4) is 22.5 Å². The SMILES string of the molecule is OCc1[nH]nc(-c2ccccn2)c1-c1ccnc2ccccc12. The lowest BCUT2D eigenvalue weighted by atomic mass is 9.98. The van der Waals surface area contributed by atoms with Crippen LogP contribution in [0.5, 0.6) is 0 Å². The van der Waals surface area contributed by atoms with Crippen LogP contribution in [0.15, 0.2) is 60.9 Å². The Bertz CT molecular complexity index is 958. The molecular weight excluding hydrogens is 288 g/mol. The van der Waals surface area contributed by atoms with Crippen molar-refractivity contribution in [1.29, 1.82) is 0 Å². The Kier molecular flexibility index (Phi) is 3.33. The Labute approximate surface area is 132 Å². The van der Waals surface area contributed by atoms with Gasteiger partial charge >= 0.3 is 0 Å². The van der Waals surface area contributed by atoms with Crippen LogP contribution in [0, 0.1) is 0 Å². The maximum absolute atomic E-state index is 9.70. The van der Waals surface area contributed by atoms with Crippen LogP contribution < -0.4 is 0 Å². The van der Waals surface area contributed by atoms with Gasteiger partial charge in [0.15, 0.2) is 0 Å². The zero-order chi connectivity index (χ0) is 15.6. The van der Waals surface area contributed by atoms with Crippen molar-refractivity contribution >= 4 is 10.9 Å². The summed E-state index contributed by atoms with van der Waals surface area (Å²) in [6.45, 7) is -0.119. The van der Waals surface area contributed by atoms with E-state index in [1.165, 1.54) is 0 Å². The third-order valence-corrected chi connectivity index (χ3v) is 3.83. The van der Waals surface area contributed by atoms with E-state index in [9.17, 15) is 5.11 Å². The van der Waals surface area contributed by atoms with E-state index in [0.29, 0.717) is 5.69 Å². The Hall–Kier alpha value is -3.05. The van der Waals surface area contributed by atoms with Gasteiger partial charge in [0.2, 0.25) is 0 Å². The van der Waals surface area contributed by atoms with Crippen LogP contribution in [0.25, 0.3) is 33.4 Å². The number of aromatic nitrogens is 4. The topological polar surface area (TPSA) is 74.7 Å². The summed E-state index contributed by atoms with van der Waals surface area (Å²) < 4.78 is 0. The van der Waals surface area contributed by atoms with Crippen LogP contribution in [0.3, 0.4) is 0 Å². The molecule has 4 rings (SSSR count). The average molecular weight is 302 g/mol. The number of aliphatic hydroxyl groups excluding tert-OH is 1. The van der Waals surface area contributed by atoms with E-state index in [4.69, 9.17) is 0 Å². The van der Waals surface area contributed by atoms with Crippen molar-refractivity contribution in [1.82, 2.24) is 20.2 Å². The molecule has 23 heavy (non-hydrogen) atoms. The van der Waals surface area contributed by atoms with Crippen LogP contribution >= 0.6 is 0 Å². The summed E-state index contributed by atoms with van der Waals surface area (Å²) in [5.74, 6) is 0. The summed E-state index contributed by atoms with van der Waals surface area (Å²) in [4.78, 5) is 8.78. The van der Waals surface area contributed by atoms with Crippen molar-refractivity contribution in [2.75, 3.05) is 0 Å². The number of aliphatic hydroxyl groups is 1. The number of fused-ring (bicyclic) bond motifs is 1. The third kappa shape index (κ3) is 2.27. The lowest BCUT2D eigenvalue weighted by Crippen LogP contribution is -1.91. The van der Waals surface area contributed by atoms with Gasteiger partial charge in [-0.05, 0) is 29.8 Å². The zero-order valence-corrected chi connectivity index (χ0v) is 12.3. The summed E-state index contributed by atoms with van der Waals surface area (Å²) in [6, 6.07) is 15.6. The molecule has 0 aliphatic rings. The molecule has 5 nitrogen and oxygen atoms in total. The highest BCUT2D eigenvalue weighted by Gasteiger charge is 2.18. The number of H-pyrrole nitrogens is 1. The molecule has 1 aromatic carbocycles. The molecule has 0 aliphatic heterocycles. The molecule has 0 saturated heterocycles. The predicted octanol–water partition coefficient (Wildman–Crippen LogP) is 3.18. The fourth-order valence-electron chi connectivity index (χ4n) is 2.78. The maximum Gasteiger partial charge on any atom is 0.119 e. The van der Waals surface area contributed by atoms with Gasteiger partial charge in [-0.25, -0.2) is 0 Å². The number of aromatic amines is 1. The minimum atomic E-state index is -0.119. The summed E-state index contributed by atoms with van der Waals surface area (Å²) in [6.07, 6.45) is 3.51. The number of hydrogen-bond acceptors (Lipinski definition) is 4. The lowest BCUT2D eigenvalue weighted by Gasteiger charge is -2.08. The number of rotatable bonds is 3. The van der Waals surface area contributed by atoms with Gasteiger partial charge in [-0.2, -0.15) is 5.10 Å². The molecule has 0 aliphatic carbocycles. The summed E-state index contributed by atoms with van der Waals surface area (Å²) >= 11 is 0. The standard InChI is InChI=1S/C18H14N4O/c23-11-16-17(18(22-21-16)15-7-3-4-9-19-15)13-8-10-20-14-6-2-1-5-12(13)14/h1-10,23H,11H2,(H,21,22). The smallest absolute Gasteiger partial charge is 0.119 e. The van der Waals surface area contributed by atoms with Gasteiger partial charge in [0.25, 0.3) is 0 Å². The number of nitrogens with one attached hydrogen (secondary N) is 1. The van der Waals surface area contributed by atoms with Crippen molar-refractivity contribution in [2.24, 2.45) is 0 Å². The van der Waals surface area contributed by atoms with Gasteiger partial charge in [-0.15, -0.1) is 0 Å². The average Bonchev–Trinajstić information content (AvgIpc) is 3.06. The predicted molar refractivity (Wildman–Crippen MR) is 88.5 cm³/mol. The first-order chi connectivity index (χ1) is 11.4. The third-order valence-electron chi connectivity index (χ3n) is 3.83. The quantitative estimate of drug-likeness (QED) is 0.609. The molecule has 0 atom stereocenters. The summed E-state index contributed by atoms with van der Waals surface area (Å²) in [5, 5.41) is 18.0. The molecule has 0 amide bonds. The highest BCUT2D eigenvalue weighted by Crippen LogP contribution is 2.35. The molecule has 3 heterocycles. The molecule has 5 heteroatoms. The van der Waals surface area contributed by atoms with E-state index in [2.05, 4.69) is 20.2 Å². The number of hydrogen-bond donors (Lipinski definition) is 2. The van der Waals surface area contributed by atoms with Gasteiger partial charge in [0.05, 0.1) is 23.5 Å². The van der Waals surface area contributed by atoms with E-state index >= 15 is 0 Å². The number of nitrogens with zero attached hydrogens (tertiary/aromatic N) is 3. The summed E-state index contributed by atoms with van der Waals surface area (Å²) in [5.41, 5.74) is 4.91. The fourth-order valence-corrected chi connectivity index (χ4v) is 2.78. The van der Waals surface area contributed by atoms with Crippen molar-refractivity contribution in [3.05, 3.63) is 66.6 Å². The van der Waals surface area contributed by atoms with Gasteiger partial charge < -0.3 is 5.11 Å². The Morgan fingerprint density at radius 3 is 2.61 bits per heavy atom. The molecule has 0 saturated carbocycles. The van der Waals surface area contributed by atoms with E-state index in [-0.39, 0.29) is 6.61 Å². The van der Waals surface area contributed by atoms with Crippen LogP contribution in [0.2, 0.25) is 0 Å². The Balaban J connectivity index is 2.03. The van der Waals surface area contributed by atoms with Crippen LogP contribution in [-0.4, -0.2) is 25.3 Å². The first-order valence-electron chi connectivity index (χ1n) is 7.32. The molecular formula is C18H14N4O. The van der Waals surface area contributed by atoms with Crippen molar-refractivity contribution in [3.63, 3.8) is 0 Å². The van der Waals surface area contributed by atoms with Crippen LogP contribution in [0.4, 0.5) is 0 Å². The molecule has 112 valence electrons. The first-order valence-corrected chi connectivity index (χ1v) is 7.32. The molecule has 0 spiro atoms. The monoisotopic (exact) mass is 302 g/mol. The first kappa shape index (κ1) is 13.6. The molecule has 3 aromatic heterocycles. The van der Waals surface area contributed by atoms with Gasteiger partial charge in [-0.3, -0.25) is 15.1 Å². The number of pyridine rings is 2. The minimum absolute atomic E-state index is 0.119. The normalized spacial score (nSPS) is 11.0. The molecule has 0 bridgehead atoms. The van der Waals surface area contributed by atoms with Gasteiger partial charge in [0.1, 0.15) is 5.69 Å². The largest absolute Gasteiger partial charge is 0.390 e.